The Morgan fingerprint density at radius 3 is 0.819 bits per heavy atom. The zero-order valence-corrected chi connectivity index (χ0v) is 66.6. The Kier molecular flexibility index (Phi) is 73.8. The number of phosphoric ester groups is 2. The predicted octanol–water partition coefficient (Wildman–Crippen LogP) is 23.5. The summed E-state index contributed by atoms with van der Waals surface area (Å²) >= 11 is 0. The van der Waals surface area contributed by atoms with Gasteiger partial charge in [0.15, 0.2) is 6.10 Å². The molecule has 0 aliphatic carbocycles. The van der Waals surface area contributed by atoms with Crippen molar-refractivity contribution in [3.8, 4) is 0 Å². The number of ether oxygens (including phenoxy) is 3. The highest BCUT2D eigenvalue weighted by Gasteiger charge is 2.29. The fourth-order valence-corrected chi connectivity index (χ4v) is 11.4. The summed E-state index contributed by atoms with van der Waals surface area (Å²) in [7, 11) is -9.84. The average molecular weight is 1500 g/mol. The zero-order valence-electron chi connectivity index (χ0n) is 64.8. The van der Waals surface area contributed by atoms with Gasteiger partial charge in [-0.3, -0.25) is 32.5 Å². The van der Waals surface area contributed by atoms with Crippen molar-refractivity contribution in [1.29, 1.82) is 0 Å². The Hall–Kier alpha value is -5.61. The van der Waals surface area contributed by atoms with E-state index in [4.69, 9.17) is 32.3 Å². The molecule has 0 spiro atoms. The molecule has 0 amide bonds. The Bertz CT molecular complexity index is 2690. The highest BCUT2D eigenvalue weighted by molar-refractivity contribution is 7.47. The largest absolute Gasteiger partial charge is 0.472 e. The van der Waals surface area contributed by atoms with E-state index in [1.807, 2.05) is 0 Å². The third-order valence-electron chi connectivity index (χ3n) is 15.8. The Morgan fingerprint density at radius 2 is 0.505 bits per heavy atom. The monoisotopic (exact) mass is 1500 g/mol. The Balaban J connectivity index is 4.78. The molecule has 5 atom stereocenters. The number of carbonyl (C=O) groups is 3. The van der Waals surface area contributed by atoms with Crippen molar-refractivity contribution in [3.05, 3.63) is 194 Å². The topological polar surface area (TPSA) is 231 Å². The molecule has 105 heavy (non-hydrogen) atoms. The van der Waals surface area contributed by atoms with Crippen LogP contribution in [0.5, 0.6) is 0 Å². The second kappa shape index (κ2) is 78.0. The fraction of sp³-hybridized carbons (Fsp3) is 0.598. The van der Waals surface area contributed by atoms with Gasteiger partial charge in [0, 0.05) is 19.3 Å². The van der Waals surface area contributed by atoms with Crippen LogP contribution in [0.15, 0.2) is 194 Å². The molecule has 0 aromatic rings. The van der Waals surface area contributed by atoms with Crippen LogP contribution in [0.4, 0.5) is 0 Å². The minimum absolute atomic E-state index is 0.0384. The molecule has 0 aromatic carbocycles. The average Bonchev–Trinajstić information content (AvgIpc) is 0.963. The first-order valence-electron chi connectivity index (χ1n) is 39.7. The van der Waals surface area contributed by atoms with Crippen molar-refractivity contribution in [1.82, 2.24) is 0 Å². The summed E-state index contributed by atoms with van der Waals surface area (Å²) in [5, 5.41) is 20.6. The third kappa shape index (κ3) is 79.3. The number of esters is 3. The van der Waals surface area contributed by atoms with E-state index in [2.05, 4.69) is 215 Å². The van der Waals surface area contributed by atoms with Crippen molar-refractivity contribution in [3.63, 3.8) is 0 Å². The van der Waals surface area contributed by atoms with Crippen molar-refractivity contribution in [2.24, 2.45) is 0 Å². The molecule has 18 heteroatoms. The number of aliphatic hydroxyl groups excluding tert-OH is 2. The molecule has 0 saturated carbocycles. The number of hydrogen-bond donors (Lipinski definition) is 4. The van der Waals surface area contributed by atoms with Crippen molar-refractivity contribution in [2.75, 3.05) is 39.6 Å². The number of phosphoric acid groups is 2. The molecule has 0 fully saturated rings. The number of allylic oxidation sites excluding steroid dienone is 32. The maximum absolute atomic E-state index is 13.0. The zero-order chi connectivity index (χ0) is 76.6. The standard InChI is InChI=1S/C87H140O16P2/c1-4-7-10-13-16-19-22-25-28-31-34-37-39-40-42-45-46-49-52-55-58-61-64-67-70-73-85(90)97-76-82(88)77-99-104(93,94)100-78-83(89)79-101-105(95,96)102-81-84(103-87(92)75-72-69-66-63-60-57-54-51-48-43-36-33-30-27-24-21-18-15-12-9-6-3)80-98-86(91)74-71-68-65-62-59-56-53-50-47-44-41-38-35-32-29-26-23-20-17-14-11-8-5-2/h7,9-10,12,16-21,25-30,34-38,40,42-44,46-47,49,51,54,60,63,82-84,88-89H,4-6,8,11,13-15,22-24,31-33,39,41,45,48,50,52-53,55-59,61-62,64-81H2,1-3H3,(H,93,94)(H,95,96)/b10-7-,12-9-,19-16-,20-17-,21-18-,28-25-,29-26-,30-27-,37-34-,38-35-,42-40-,43-36-,47-44-,49-46-,54-51-,63-60-. The highest BCUT2D eigenvalue weighted by atomic mass is 31.2. The lowest BCUT2D eigenvalue weighted by molar-refractivity contribution is -0.161. The van der Waals surface area contributed by atoms with Gasteiger partial charge in [-0.1, -0.05) is 286 Å². The molecule has 0 aliphatic heterocycles. The molecule has 0 aromatic heterocycles. The summed E-state index contributed by atoms with van der Waals surface area (Å²) in [6.07, 6.45) is 102. The summed E-state index contributed by atoms with van der Waals surface area (Å²) in [5.74, 6) is -1.67. The first-order valence-corrected chi connectivity index (χ1v) is 42.7. The normalized spacial score (nSPS) is 15.0. The van der Waals surface area contributed by atoms with E-state index < -0.39 is 91.5 Å². The van der Waals surface area contributed by atoms with Gasteiger partial charge in [0.05, 0.1) is 26.4 Å². The van der Waals surface area contributed by atoms with Crippen LogP contribution in [0.1, 0.15) is 278 Å². The Morgan fingerprint density at radius 1 is 0.276 bits per heavy atom. The molecule has 594 valence electrons. The molecule has 16 nitrogen and oxygen atoms in total. The molecule has 5 unspecified atom stereocenters. The molecular formula is C87H140O16P2. The molecule has 4 N–H and O–H groups in total. The molecular weight excluding hydrogens is 1360 g/mol. The minimum Gasteiger partial charge on any atom is -0.463 e. The molecule has 0 rings (SSSR count). The summed E-state index contributed by atoms with van der Waals surface area (Å²) < 4.78 is 61.1. The quantitative estimate of drug-likeness (QED) is 0.0146. The molecule has 0 saturated heterocycles. The van der Waals surface area contributed by atoms with Crippen molar-refractivity contribution in [2.45, 2.75) is 296 Å². The number of unbranched alkanes of at least 4 members (excludes halogenated alkanes) is 18. The van der Waals surface area contributed by atoms with Crippen LogP contribution in [0.25, 0.3) is 0 Å². The molecule has 0 aliphatic rings. The lowest BCUT2D eigenvalue weighted by Crippen LogP contribution is -2.30. The third-order valence-corrected chi connectivity index (χ3v) is 17.7. The number of carbonyl (C=O) groups excluding carboxylic acids is 3. The Labute approximate surface area is 636 Å². The number of rotatable bonds is 73. The van der Waals surface area contributed by atoms with Gasteiger partial charge in [-0.15, -0.1) is 0 Å². The van der Waals surface area contributed by atoms with Gasteiger partial charge in [0.2, 0.25) is 0 Å². The highest BCUT2D eigenvalue weighted by Crippen LogP contribution is 2.45. The van der Waals surface area contributed by atoms with E-state index >= 15 is 0 Å². The molecule has 0 bridgehead atoms. The summed E-state index contributed by atoms with van der Waals surface area (Å²) in [6, 6.07) is 0. The van der Waals surface area contributed by atoms with Crippen LogP contribution < -0.4 is 0 Å². The molecule has 0 radical (unpaired) electrons. The van der Waals surface area contributed by atoms with Gasteiger partial charge in [0.25, 0.3) is 0 Å². The number of aliphatic hydroxyl groups is 2. The second-order valence-corrected chi connectivity index (χ2v) is 28.7. The van der Waals surface area contributed by atoms with Crippen LogP contribution in [0, 0.1) is 0 Å². The van der Waals surface area contributed by atoms with Crippen LogP contribution in [0.2, 0.25) is 0 Å². The maximum Gasteiger partial charge on any atom is 0.472 e. The van der Waals surface area contributed by atoms with Crippen LogP contribution in [0.3, 0.4) is 0 Å². The SMILES string of the molecule is CC/C=C\C/C=C\C/C=C\C/C=C\C/C=C\C/C=C\CCCCCCCCC(=O)OCC(O)COP(=O)(O)OCC(O)COP(=O)(O)OCC(COC(=O)CCCCCCCCC/C=C\C/C=C\C/C=C\C/C=C\CCCCC)OC(=O)CCCC/C=C\C/C=C\C/C=C\C/C=C\C/C=C\C/C=C\CC. The first kappa shape index (κ1) is 99.4. The van der Waals surface area contributed by atoms with E-state index in [1.54, 1.807) is 0 Å². The summed E-state index contributed by atoms with van der Waals surface area (Å²) in [6.45, 7) is 2.32. The summed E-state index contributed by atoms with van der Waals surface area (Å²) in [4.78, 5) is 58.7. The minimum atomic E-state index is -4.96. The van der Waals surface area contributed by atoms with E-state index in [-0.39, 0.29) is 19.3 Å². The van der Waals surface area contributed by atoms with Crippen LogP contribution in [-0.2, 0) is 55.8 Å². The van der Waals surface area contributed by atoms with E-state index in [1.165, 1.54) is 25.7 Å². The molecule has 0 heterocycles. The van der Waals surface area contributed by atoms with Crippen molar-refractivity contribution < 1.29 is 75.8 Å². The second-order valence-electron chi connectivity index (χ2n) is 25.7. The van der Waals surface area contributed by atoms with Gasteiger partial charge in [-0.05, 0) is 167 Å². The number of hydrogen-bond acceptors (Lipinski definition) is 14. The fourth-order valence-electron chi connectivity index (χ4n) is 9.79. The van der Waals surface area contributed by atoms with E-state index in [0.29, 0.717) is 25.7 Å². The predicted molar refractivity (Wildman–Crippen MR) is 435 cm³/mol. The van der Waals surface area contributed by atoms with Gasteiger partial charge < -0.3 is 34.2 Å². The smallest absolute Gasteiger partial charge is 0.463 e. The maximum atomic E-state index is 13.0. The van der Waals surface area contributed by atoms with Crippen LogP contribution >= 0.6 is 15.6 Å². The van der Waals surface area contributed by atoms with E-state index in [9.17, 15) is 43.5 Å². The van der Waals surface area contributed by atoms with Crippen LogP contribution in [-0.4, -0.2) is 95.9 Å². The summed E-state index contributed by atoms with van der Waals surface area (Å²) in [5.41, 5.74) is 0. The first-order chi connectivity index (χ1) is 51.2. The van der Waals surface area contributed by atoms with E-state index in [0.717, 1.165) is 186 Å². The van der Waals surface area contributed by atoms with Gasteiger partial charge >= 0.3 is 33.6 Å². The van der Waals surface area contributed by atoms with Gasteiger partial charge in [-0.25, -0.2) is 9.13 Å². The van der Waals surface area contributed by atoms with Crippen molar-refractivity contribution >= 4 is 33.6 Å². The lowest BCUT2D eigenvalue weighted by atomic mass is 10.1. The van der Waals surface area contributed by atoms with Gasteiger partial charge in [-0.2, -0.15) is 0 Å². The lowest BCUT2D eigenvalue weighted by Gasteiger charge is -2.21. The van der Waals surface area contributed by atoms with Gasteiger partial charge in [0.1, 0.15) is 25.4 Å².